The number of hydrogen-bond donors (Lipinski definition) is 1. The molecule has 0 aliphatic heterocycles. The van der Waals surface area contributed by atoms with E-state index in [0.29, 0.717) is 29.7 Å². The lowest BCUT2D eigenvalue weighted by molar-refractivity contribution is -0.131. The maximum absolute atomic E-state index is 12.6. The largest absolute Gasteiger partial charge is 0.335 e. The second-order valence-electron chi connectivity index (χ2n) is 5.74. The lowest BCUT2D eigenvalue weighted by Crippen LogP contribution is -2.33. The van der Waals surface area contributed by atoms with Gasteiger partial charge in [0.2, 0.25) is 5.91 Å². The third-order valence-corrected chi connectivity index (χ3v) is 4.53. The molecule has 0 saturated heterocycles. The molecule has 5 nitrogen and oxygen atoms in total. The molecule has 0 fully saturated rings. The monoisotopic (exact) mass is 399 g/mol. The van der Waals surface area contributed by atoms with Crippen molar-refractivity contribution >= 4 is 32.7 Å². The van der Waals surface area contributed by atoms with Crippen molar-refractivity contribution in [2.45, 2.75) is 19.9 Å². The molecule has 0 radical (unpaired) electrons. The van der Waals surface area contributed by atoms with Crippen LogP contribution < -0.4 is 5.56 Å². The highest BCUT2D eigenvalue weighted by atomic mass is 79.9. The number of rotatable bonds is 5. The number of amides is 1. The Morgan fingerprint density at radius 1 is 1.16 bits per heavy atom. The first-order valence-electron chi connectivity index (χ1n) is 8.07. The van der Waals surface area contributed by atoms with Crippen molar-refractivity contribution in [3.8, 4) is 0 Å². The fraction of sp³-hybridized carbons (Fsp3) is 0.211. The highest BCUT2D eigenvalue weighted by Gasteiger charge is 2.15. The first-order chi connectivity index (χ1) is 12.1. The highest BCUT2D eigenvalue weighted by molar-refractivity contribution is 9.10. The van der Waals surface area contributed by atoms with Gasteiger partial charge in [-0.2, -0.15) is 0 Å². The number of halogens is 1. The molecule has 1 amide bonds. The number of aromatic nitrogens is 2. The lowest BCUT2D eigenvalue weighted by Gasteiger charge is -2.20. The SMILES string of the molecule is CCN(Cc1nc2ccccc2c(=O)[nH]1)C(=O)Cc1ccc(Br)cc1. The smallest absolute Gasteiger partial charge is 0.258 e. The number of para-hydroxylation sites is 1. The molecule has 3 rings (SSSR count). The van der Waals surface area contributed by atoms with Crippen molar-refractivity contribution in [3.05, 3.63) is 74.7 Å². The van der Waals surface area contributed by atoms with Crippen molar-refractivity contribution in [2.75, 3.05) is 6.54 Å². The molecule has 0 bridgehead atoms. The maximum atomic E-state index is 12.6. The molecule has 0 aliphatic carbocycles. The first-order valence-corrected chi connectivity index (χ1v) is 8.86. The Balaban J connectivity index is 1.78. The Hall–Kier alpha value is -2.47. The molecule has 0 atom stereocenters. The predicted octanol–water partition coefficient (Wildman–Crippen LogP) is 3.28. The van der Waals surface area contributed by atoms with Crippen LogP contribution in [0.15, 0.2) is 57.8 Å². The number of nitrogens with zero attached hydrogens (tertiary/aromatic N) is 2. The summed E-state index contributed by atoms with van der Waals surface area (Å²) in [6.07, 6.45) is 0.318. The molecular weight excluding hydrogens is 382 g/mol. The van der Waals surface area contributed by atoms with Crippen molar-refractivity contribution in [2.24, 2.45) is 0 Å². The molecule has 25 heavy (non-hydrogen) atoms. The minimum absolute atomic E-state index is 0.000583. The highest BCUT2D eigenvalue weighted by Crippen LogP contribution is 2.13. The van der Waals surface area contributed by atoms with Gasteiger partial charge in [0.05, 0.1) is 23.9 Å². The Kier molecular flexibility index (Phi) is 5.28. The van der Waals surface area contributed by atoms with E-state index >= 15 is 0 Å². The number of benzene rings is 2. The van der Waals surface area contributed by atoms with Gasteiger partial charge in [-0.1, -0.05) is 40.2 Å². The average Bonchev–Trinajstić information content (AvgIpc) is 2.61. The van der Waals surface area contributed by atoms with E-state index in [1.54, 1.807) is 23.1 Å². The molecule has 128 valence electrons. The van der Waals surface area contributed by atoms with Gasteiger partial charge in [0.1, 0.15) is 5.82 Å². The third kappa shape index (κ3) is 4.14. The molecule has 6 heteroatoms. The predicted molar refractivity (Wildman–Crippen MR) is 101 cm³/mol. The quantitative estimate of drug-likeness (QED) is 0.715. The molecule has 0 aliphatic rings. The fourth-order valence-electron chi connectivity index (χ4n) is 2.66. The van der Waals surface area contributed by atoms with Crippen LogP contribution in [0.5, 0.6) is 0 Å². The number of carbonyl (C=O) groups excluding carboxylic acids is 1. The minimum atomic E-state index is -0.183. The number of H-pyrrole nitrogens is 1. The molecule has 0 spiro atoms. The topological polar surface area (TPSA) is 66.1 Å². The van der Waals surface area contributed by atoms with E-state index in [1.165, 1.54) is 0 Å². The summed E-state index contributed by atoms with van der Waals surface area (Å²) in [5, 5.41) is 0.551. The van der Waals surface area contributed by atoms with Crippen molar-refractivity contribution in [3.63, 3.8) is 0 Å². The van der Waals surface area contributed by atoms with E-state index in [-0.39, 0.29) is 18.0 Å². The van der Waals surface area contributed by atoms with Crippen LogP contribution in [-0.2, 0) is 17.8 Å². The van der Waals surface area contributed by atoms with Crippen molar-refractivity contribution < 1.29 is 4.79 Å². The normalized spacial score (nSPS) is 10.8. The summed E-state index contributed by atoms with van der Waals surface area (Å²) in [6.45, 7) is 2.75. The summed E-state index contributed by atoms with van der Waals surface area (Å²) in [7, 11) is 0. The maximum Gasteiger partial charge on any atom is 0.258 e. The van der Waals surface area contributed by atoms with Gasteiger partial charge >= 0.3 is 0 Å². The summed E-state index contributed by atoms with van der Waals surface area (Å²) in [5.41, 5.74) is 1.40. The minimum Gasteiger partial charge on any atom is -0.335 e. The molecule has 1 heterocycles. The summed E-state index contributed by atoms with van der Waals surface area (Å²) in [4.78, 5) is 33.7. The number of fused-ring (bicyclic) bond motifs is 1. The summed E-state index contributed by atoms with van der Waals surface area (Å²) in [5.74, 6) is 0.496. The third-order valence-electron chi connectivity index (χ3n) is 4.01. The van der Waals surface area contributed by atoms with Crippen LogP contribution in [0.3, 0.4) is 0 Å². The Morgan fingerprint density at radius 3 is 2.60 bits per heavy atom. The van der Waals surface area contributed by atoms with Crippen LogP contribution in [0.2, 0.25) is 0 Å². The molecule has 1 aromatic heterocycles. The standard InChI is InChI=1S/C19H18BrN3O2/c1-2-23(18(24)11-13-7-9-14(20)10-8-13)12-17-21-16-6-4-3-5-15(16)19(25)22-17/h3-10H,2,11-12H2,1H3,(H,21,22,25). The van der Waals surface area contributed by atoms with Crippen LogP contribution in [0.1, 0.15) is 18.3 Å². The zero-order chi connectivity index (χ0) is 17.8. The number of hydrogen-bond acceptors (Lipinski definition) is 3. The number of likely N-dealkylation sites (N-methyl/N-ethyl adjacent to an activating group) is 1. The number of aromatic amines is 1. The van der Waals surface area contributed by atoms with Gasteiger partial charge in [-0.3, -0.25) is 9.59 Å². The summed E-state index contributed by atoms with van der Waals surface area (Å²) in [6, 6.07) is 14.9. The van der Waals surface area contributed by atoms with Crippen LogP contribution in [0, 0.1) is 0 Å². The van der Waals surface area contributed by atoms with Gasteiger partial charge in [-0.05, 0) is 36.8 Å². The fourth-order valence-corrected chi connectivity index (χ4v) is 2.92. The van der Waals surface area contributed by atoms with E-state index in [0.717, 1.165) is 10.0 Å². The van der Waals surface area contributed by atoms with E-state index in [1.807, 2.05) is 37.3 Å². The van der Waals surface area contributed by atoms with Crippen LogP contribution in [-0.4, -0.2) is 27.3 Å². The van der Waals surface area contributed by atoms with Crippen molar-refractivity contribution in [1.29, 1.82) is 0 Å². The molecular formula is C19H18BrN3O2. The Labute approximate surface area is 153 Å². The molecule has 3 aromatic rings. The summed E-state index contributed by atoms with van der Waals surface area (Å²) < 4.78 is 0.981. The van der Waals surface area contributed by atoms with Gasteiger partial charge in [-0.25, -0.2) is 4.98 Å². The zero-order valence-electron chi connectivity index (χ0n) is 13.8. The van der Waals surface area contributed by atoms with Gasteiger partial charge < -0.3 is 9.88 Å². The van der Waals surface area contributed by atoms with E-state index in [2.05, 4.69) is 25.9 Å². The van der Waals surface area contributed by atoms with Crippen LogP contribution >= 0.6 is 15.9 Å². The molecule has 2 aromatic carbocycles. The van der Waals surface area contributed by atoms with E-state index < -0.39 is 0 Å². The van der Waals surface area contributed by atoms with Gasteiger partial charge in [0, 0.05) is 11.0 Å². The van der Waals surface area contributed by atoms with Gasteiger partial charge in [0.25, 0.3) is 5.56 Å². The first kappa shape index (κ1) is 17.4. The second kappa shape index (κ2) is 7.61. The molecule has 0 unspecified atom stereocenters. The number of nitrogens with one attached hydrogen (secondary N) is 1. The van der Waals surface area contributed by atoms with Gasteiger partial charge in [0.15, 0.2) is 0 Å². The lowest BCUT2D eigenvalue weighted by atomic mass is 10.1. The van der Waals surface area contributed by atoms with E-state index in [4.69, 9.17) is 0 Å². The van der Waals surface area contributed by atoms with Gasteiger partial charge in [-0.15, -0.1) is 0 Å². The van der Waals surface area contributed by atoms with Crippen molar-refractivity contribution in [1.82, 2.24) is 14.9 Å². The summed E-state index contributed by atoms with van der Waals surface area (Å²) >= 11 is 3.39. The zero-order valence-corrected chi connectivity index (χ0v) is 15.4. The Bertz CT molecular complexity index is 951. The Morgan fingerprint density at radius 2 is 1.88 bits per heavy atom. The van der Waals surface area contributed by atoms with E-state index in [9.17, 15) is 9.59 Å². The number of carbonyl (C=O) groups is 1. The molecule has 1 N–H and O–H groups in total. The molecule has 0 saturated carbocycles. The second-order valence-corrected chi connectivity index (χ2v) is 6.66. The van der Waals surface area contributed by atoms with Crippen LogP contribution in [0.4, 0.5) is 0 Å². The van der Waals surface area contributed by atoms with Crippen LogP contribution in [0.25, 0.3) is 10.9 Å². The average molecular weight is 400 g/mol.